The summed E-state index contributed by atoms with van der Waals surface area (Å²) in [6.07, 6.45) is 5.30. The zero-order valence-corrected chi connectivity index (χ0v) is 12.4. The van der Waals surface area contributed by atoms with Gasteiger partial charge in [0, 0.05) is 31.2 Å². The van der Waals surface area contributed by atoms with E-state index < -0.39 is 0 Å². The summed E-state index contributed by atoms with van der Waals surface area (Å²) in [6.45, 7) is 11.8. The SMILES string of the molecule is CCN1CCC(N)C(CN2C(C)CCCC2C)C1. The molecule has 106 valence electrons. The molecule has 2 N–H and O–H groups in total. The van der Waals surface area contributed by atoms with Crippen LogP contribution in [-0.4, -0.2) is 54.1 Å². The van der Waals surface area contributed by atoms with Crippen molar-refractivity contribution in [1.29, 1.82) is 0 Å². The zero-order valence-electron chi connectivity index (χ0n) is 12.4. The lowest BCUT2D eigenvalue weighted by Crippen LogP contribution is -2.54. The molecule has 2 fully saturated rings. The van der Waals surface area contributed by atoms with Crippen LogP contribution in [0.15, 0.2) is 0 Å². The predicted molar refractivity (Wildman–Crippen MR) is 77.7 cm³/mol. The quantitative estimate of drug-likeness (QED) is 0.834. The second-order valence-electron chi connectivity index (χ2n) is 6.43. The molecule has 4 unspecified atom stereocenters. The first-order valence-corrected chi connectivity index (χ1v) is 7.85. The van der Waals surface area contributed by atoms with E-state index >= 15 is 0 Å². The van der Waals surface area contributed by atoms with Gasteiger partial charge in [0.25, 0.3) is 0 Å². The number of likely N-dealkylation sites (tertiary alicyclic amines) is 2. The van der Waals surface area contributed by atoms with Gasteiger partial charge in [-0.25, -0.2) is 0 Å². The maximum atomic E-state index is 6.35. The number of piperidine rings is 2. The van der Waals surface area contributed by atoms with Crippen molar-refractivity contribution >= 4 is 0 Å². The Hall–Kier alpha value is -0.120. The predicted octanol–water partition coefficient (Wildman–Crippen LogP) is 1.92. The Kier molecular flexibility index (Phi) is 5.05. The van der Waals surface area contributed by atoms with E-state index in [1.807, 2.05) is 0 Å². The molecule has 0 aromatic carbocycles. The van der Waals surface area contributed by atoms with Crippen molar-refractivity contribution in [3.05, 3.63) is 0 Å². The number of hydrogen-bond donors (Lipinski definition) is 1. The van der Waals surface area contributed by atoms with Crippen molar-refractivity contribution < 1.29 is 0 Å². The summed E-state index contributed by atoms with van der Waals surface area (Å²) in [7, 11) is 0. The van der Waals surface area contributed by atoms with Crippen LogP contribution in [0.2, 0.25) is 0 Å². The van der Waals surface area contributed by atoms with E-state index in [0.29, 0.717) is 12.0 Å². The van der Waals surface area contributed by atoms with Crippen LogP contribution in [0.3, 0.4) is 0 Å². The molecular weight excluding hydrogens is 222 g/mol. The van der Waals surface area contributed by atoms with Gasteiger partial charge in [-0.3, -0.25) is 4.90 Å². The van der Waals surface area contributed by atoms with Gasteiger partial charge < -0.3 is 10.6 Å². The molecule has 0 aliphatic carbocycles. The standard InChI is InChI=1S/C15H31N3/c1-4-17-9-8-15(16)14(10-17)11-18-12(2)6-5-7-13(18)3/h12-15H,4-11,16H2,1-3H3. The van der Waals surface area contributed by atoms with E-state index in [9.17, 15) is 0 Å². The van der Waals surface area contributed by atoms with E-state index in [4.69, 9.17) is 5.73 Å². The lowest BCUT2D eigenvalue weighted by atomic mass is 9.89. The Morgan fingerprint density at radius 1 is 1.11 bits per heavy atom. The highest BCUT2D eigenvalue weighted by atomic mass is 15.2. The van der Waals surface area contributed by atoms with E-state index in [1.165, 1.54) is 51.9 Å². The van der Waals surface area contributed by atoms with Crippen molar-refractivity contribution in [1.82, 2.24) is 9.80 Å². The molecule has 0 spiro atoms. The van der Waals surface area contributed by atoms with E-state index in [2.05, 4.69) is 30.6 Å². The molecule has 4 atom stereocenters. The Morgan fingerprint density at radius 3 is 2.39 bits per heavy atom. The van der Waals surface area contributed by atoms with Gasteiger partial charge in [0.05, 0.1) is 0 Å². The molecule has 0 radical (unpaired) electrons. The normalized spacial score (nSPS) is 40.0. The van der Waals surface area contributed by atoms with Gasteiger partial charge in [0.15, 0.2) is 0 Å². The van der Waals surface area contributed by atoms with Crippen molar-refractivity contribution in [2.45, 2.75) is 64.6 Å². The van der Waals surface area contributed by atoms with Gasteiger partial charge in [-0.2, -0.15) is 0 Å². The fraction of sp³-hybridized carbons (Fsp3) is 1.00. The molecule has 2 aliphatic rings. The highest BCUT2D eigenvalue weighted by Crippen LogP contribution is 2.26. The summed E-state index contributed by atoms with van der Waals surface area (Å²) in [5, 5.41) is 0. The fourth-order valence-electron chi connectivity index (χ4n) is 3.71. The Balaban J connectivity index is 1.93. The summed E-state index contributed by atoms with van der Waals surface area (Å²) in [4.78, 5) is 5.28. The smallest absolute Gasteiger partial charge is 0.0104 e. The van der Waals surface area contributed by atoms with Crippen LogP contribution in [0.4, 0.5) is 0 Å². The highest BCUT2D eigenvalue weighted by Gasteiger charge is 2.32. The summed E-state index contributed by atoms with van der Waals surface area (Å²) < 4.78 is 0. The second kappa shape index (κ2) is 6.36. The van der Waals surface area contributed by atoms with Crippen LogP contribution in [0, 0.1) is 5.92 Å². The molecule has 3 nitrogen and oxygen atoms in total. The molecule has 0 amide bonds. The number of hydrogen-bond acceptors (Lipinski definition) is 3. The lowest BCUT2D eigenvalue weighted by molar-refractivity contribution is 0.0530. The highest BCUT2D eigenvalue weighted by molar-refractivity contribution is 4.88. The van der Waals surface area contributed by atoms with Crippen molar-refractivity contribution in [2.24, 2.45) is 11.7 Å². The van der Waals surface area contributed by atoms with Crippen LogP contribution >= 0.6 is 0 Å². The van der Waals surface area contributed by atoms with Gasteiger partial charge in [0.2, 0.25) is 0 Å². The molecule has 2 rings (SSSR count). The monoisotopic (exact) mass is 253 g/mol. The van der Waals surface area contributed by atoms with Crippen molar-refractivity contribution in [2.75, 3.05) is 26.2 Å². The van der Waals surface area contributed by atoms with Crippen LogP contribution in [-0.2, 0) is 0 Å². The minimum atomic E-state index is 0.411. The first kappa shape index (κ1) is 14.3. The maximum absolute atomic E-state index is 6.35. The molecule has 2 saturated heterocycles. The van der Waals surface area contributed by atoms with Crippen molar-refractivity contribution in [3.63, 3.8) is 0 Å². The number of nitrogens with zero attached hydrogens (tertiary/aromatic N) is 2. The largest absolute Gasteiger partial charge is 0.327 e. The topological polar surface area (TPSA) is 32.5 Å². The second-order valence-corrected chi connectivity index (χ2v) is 6.43. The lowest BCUT2D eigenvalue weighted by Gasteiger charge is -2.44. The third kappa shape index (κ3) is 3.25. The molecule has 0 bridgehead atoms. The maximum Gasteiger partial charge on any atom is 0.0104 e. The minimum absolute atomic E-state index is 0.411. The third-order valence-corrected chi connectivity index (χ3v) is 5.15. The van der Waals surface area contributed by atoms with Gasteiger partial charge in [-0.15, -0.1) is 0 Å². The fourth-order valence-corrected chi connectivity index (χ4v) is 3.71. The first-order valence-electron chi connectivity index (χ1n) is 7.85. The van der Waals surface area contributed by atoms with Crippen LogP contribution < -0.4 is 5.73 Å². The van der Waals surface area contributed by atoms with Gasteiger partial charge in [-0.05, 0) is 52.1 Å². The van der Waals surface area contributed by atoms with Crippen molar-refractivity contribution in [3.8, 4) is 0 Å². The van der Waals surface area contributed by atoms with Crippen LogP contribution in [0.5, 0.6) is 0 Å². The van der Waals surface area contributed by atoms with E-state index in [-0.39, 0.29) is 0 Å². The first-order chi connectivity index (χ1) is 8.61. The van der Waals surface area contributed by atoms with Crippen LogP contribution in [0.1, 0.15) is 46.5 Å². The average Bonchev–Trinajstić information content (AvgIpc) is 2.36. The Bertz CT molecular complexity index is 246. The zero-order chi connectivity index (χ0) is 13.1. The summed E-state index contributed by atoms with van der Waals surface area (Å²) in [5.41, 5.74) is 6.35. The molecular formula is C15H31N3. The average molecular weight is 253 g/mol. The molecule has 0 aromatic heterocycles. The minimum Gasteiger partial charge on any atom is -0.327 e. The summed E-state index contributed by atoms with van der Waals surface area (Å²) in [5.74, 6) is 0.668. The number of nitrogens with two attached hydrogens (primary N) is 1. The van der Waals surface area contributed by atoms with Gasteiger partial charge >= 0.3 is 0 Å². The summed E-state index contributed by atoms with van der Waals surface area (Å²) in [6, 6.07) is 1.91. The van der Waals surface area contributed by atoms with E-state index in [0.717, 1.165) is 12.1 Å². The van der Waals surface area contributed by atoms with Crippen LogP contribution in [0.25, 0.3) is 0 Å². The molecule has 2 heterocycles. The molecule has 2 aliphatic heterocycles. The Morgan fingerprint density at radius 2 is 1.78 bits per heavy atom. The number of rotatable bonds is 3. The Labute approximate surface area is 113 Å². The molecule has 3 heteroatoms. The third-order valence-electron chi connectivity index (χ3n) is 5.15. The molecule has 0 saturated carbocycles. The van der Waals surface area contributed by atoms with E-state index in [1.54, 1.807) is 0 Å². The molecule has 18 heavy (non-hydrogen) atoms. The van der Waals surface area contributed by atoms with Gasteiger partial charge in [0.1, 0.15) is 0 Å². The summed E-state index contributed by atoms with van der Waals surface area (Å²) >= 11 is 0. The molecule has 0 aromatic rings. The van der Waals surface area contributed by atoms with Gasteiger partial charge in [-0.1, -0.05) is 13.3 Å².